The molecule has 0 bridgehead atoms. The summed E-state index contributed by atoms with van der Waals surface area (Å²) in [6.45, 7) is 0. The van der Waals surface area contributed by atoms with Crippen LogP contribution in [0.5, 0.6) is 5.75 Å². The highest BCUT2D eigenvalue weighted by molar-refractivity contribution is 5.74. The lowest BCUT2D eigenvalue weighted by atomic mass is 9.77. The molecule has 1 saturated carbocycles. The Hall–Kier alpha value is -3.51. The largest absolute Gasteiger partial charge is 0.446 e. The fraction of sp³-hybridized carbons (Fsp3) is 0.143. The molecule has 9 heteroatoms. The Morgan fingerprint density at radius 2 is 1.67 bits per heavy atom. The fourth-order valence-corrected chi connectivity index (χ4v) is 3.15. The Labute approximate surface area is 166 Å². The predicted octanol–water partition coefficient (Wildman–Crippen LogP) is 4.43. The molecule has 1 unspecified atom stereocenters. The first-order valence-electron chi connectivity index (χ1n) is 8.57. The van der Waals surface area contributed by atoms with E-state index >= 15 is 0 Å². The molecule has 1 fully saturated rings. The third-order valence-electron chi connectivity index (χ3n) is 4.77. The van der Waals surface area contributed by atoms with Gasteiger partial charge in [0, 0.05) is 11.3 Å². The topological polar surface area (TPSA) is 81.5 Å². The number of allylic oxidation sites excluding steroid dienone is 1. The smallest absolute Gasteiger partial charge is 0.418 e. The SMILES string of the molecule is Nc1ccc(-c2cc(OC3=C=C=C4C(=C3)C(O)C4(F)F)c(N)c(C(F)(F)F)c2)cc1. The van der Waals surface area contributed by atoms with Gasteiger partial charge in [-0.1, -0.05) is 17.9 Å². The van der Waals surface area contributed by atoms with Crippen molar-refractivity contribution in [3.63, 3.8) is 0 Å². The number of benzene rings is 2. The number of nitrogens with two attached hydrogens (primary N) is 2. The van der Waals surface area contributed by atoms with Crippen LogP contribution in [-0.4, -0.2) is 17.1 Å². The maximum absolute atomic E-state index is 13.5. The van der Waals surface area contributed by atoms with Crippen LogP contribution in [0.3, 0.4) is 0 Å². The van der Waals surface area contributed by atoms with Crippen molar-refractivity contribution in [2.75, 3.05) is 11.5 Å². The van der Waals surface area contributed by atoms with Gasteiger partial charge in [-0.25, -0.2) is 0 Å². The number of hydrogen-bond donors (Lipinski definition) is 3. The number of anilines is 2. The van der Waals surface area contributed by atoms with E-state index in [1.807, 2.05) is 0 Å². The number of ether oxygens (including phenoxy) is 1. The van der Waals surface area contributed by atoms with Crippen molar-refractivity contribution in [3.05, 3.63) is 76.4 Å². The summed E-state index contributed by atoms with van der Waals surface area (Å²) in [6, 6.07) is 8.30. The number of halogens is 5. The molecule has 0 spiro atoms. The highest BCUT2D eigenvalue weighted by Gasteiger charge is 2.57. The molecule has 0 saturated heterocycles. The van der Waals surface area contributed by atoms with E-state index in [-0.39, 0.29) is 22.6 Å². The maximum Gasteiger partial charge on any atom is 0.418 e. The van der Waals surface area contributed by atoms with Gasteiger partial charge in [0.1, 0.15) is 6.10 Å². The first-order valence-corrected chi connectivity index (χ1v) is 8.57. The van der Waals surface area contributed by atoms with Crippen molar-refractivity contribution in [1.82, 2.24) is 0 Å². The van der Waals surface area contributed by atoms with Gasteiger partial charge in [0.15, 0.2) is 11.5 Å². The molecule has 0 radical (unpaired) electrons. The Balaban J connectivity index is 1.81. The molecule has 5 N–H and O–H groups in total. The Bertz CT molecular complexity index is 1180. The lowest BCUT2D eigenvalue weighted by Gasteiger charge is -2.37. The molecule has 2 aromatic rings. The first-order chi connectivity index (χ1) is 14.0. The Kier molecular flexibility index (Phi) is 4.29. The maximum atomic E-state index is 13.5. The summed E-state index contributed by atoms with van der Waals surface area (Å²) in [7, 11) is 0. The van der Waals surface area contributed by atoms with Crippen LogP contribution in [0.25, 0.3) is 11.1 Å². The first kappa shape index (κ1) is 19.8. The number of hydrogen-bond acceptors (Lipinski definition) is 4. The number of fused-ring (bicyclic) bond motifs is 1. The summed E-state index contributed by atoms with van der Waals surface area (Å²) in [5.41, 5.74) is 14.3. The van der Waals surface area contributed by atoms with Crippen LogP contribution in [-0.2, 0) is 6.18 Å². The minimum Gasteiger partial charge on any atom is -0.446 e. The fourth-order valence-electron chi connectivity index (χ4n) is 3.15. The highest BCUT2D eigenvalue weighted by atomic mass is 19.4. The molecule has 0 aliphatic heterocycles. The zero-order chi connectivity index (χ0) is 21.8. The van der Waals surface area contributed by atoms with Crippen molar-refractivity contribution in [1.29, 1.82) is 0 Å². The zero-order valence-corrected chi connectivity index (χ0v) is 15.0. The Morgan fingerprint density at radius 1 is 1.00 bits per heavy atom. The van der Waals surface area contributed by atoms with E-state index in [4.69, 9.17) is 16.2 Å². The molecule has 0 heterocycles. The quantitative estimate of drug-likeness (QED) is 0.390. The third-order valence-corrected chi connectivity index (χ3v) is 4.77. The molecule has 0 amide bonds. The molecule has 2 aromatic carbocycles. The van der Waals surface area contributed by atoms with Crippen LogP contribution in [0.4, 0.5) is 33.3 Å². The minimum atomic E-state index is -4.76. The van der Waals surface area contributed by atoms with Crippen molar-refractivity contribution in [2.24, 2.45) is 0 Å². The molecule has 4 nitrogen and oxygen atoms in total. The van der Waals surface area contributed by atoms with Gasteiger partial charge in [0.25, 0.3) is 0 Å². The van der Waals surface area contributed by atoms with Gasteiger partial charge in [-0.15, -0.1) is 0 Å². The van der Waals surface area contributed by atoms with Gasteiger partial charge in [0.05, 0.1) is 16.8 Å². The minimum absolute atomic E-state index is 0.141. The zero-order valence-electron chi connectivity index (χ0n) is 15.0. The van der Waals surface area contributed by atoms with Crippen molar-refractivity contribution in [3.8, 4) is 16.9 Å². The second kappa shape index (κ2) is 6.50. The predicted molar refractivity (Wildman–Crippen MR) is 99.4 cm³/mol. The van der Waals surface area contributed by atoms with Crippen LogP contribution in [0.15, 0.2) is 70.8 Å². The van der Waals surface area contributed by atoms with Crippen LogP contribution in [0.1, 0.15) is 5.56 Å². The van der Waals surface area contributed by atoms with Crippen molar-refractivity contribution in [2.45, 2.75) is 18.2 Å². The summed E-state index contributed by atoms with van der Waals surface area (Å²) in [5, 5.41) is 9.52. The van der Waals surface area contributed by atoms with Crippen LogP contribution >= 0.6 is 0 Å². The molecule has 30 heavy (non-hydrogen) atoms. The van der Waals surface area contributed by atoms with Gasteiger partial charge in [-0.3, -0.25) is 0 Å². The average molecular weight is 420 g/mol. The van der Waals surface area contributed by atoms with Gasteiger partial charge < -0.3 is 21.3 Å². The number of aliphatic hydroxyl groups is 1. The van der Waals surface area contributed by atoms with E-state index in [0.717, 1.165) is 12.1 Å². The van der Waals surface area contributed by atoms with E-state index in [0.29, 0.717) is 11.3 Å². The molecule has 0 aromatic heterocycles. The normalized spacial score (nSPS) is 19.3. The third kappa shape index (κ3) is 3.15. The van der Waals surface area contributed by atoms with Crippen LogP contribution in [0.2, 0.25) is 0 Å². The molecular formula is C21H13F5N2O2. The van der Waals surface area contributed by atoms with Gasteiger partial charge in [0.2, 0.25) is 0 Å². The summed E-state index contributed by atoms with van der Waals surface area (Å²) in [6.07, 6.45) is -5.75. The van der Waals surface area contributed by atoms with E-state index in [9.17, 15) is 27.1 Å². The standard InChI is InChI=1S/C21H13F5N2O2/c22-20(23)15-6-5-13(9-14(15)19(20)29)30-17-8-11(10-1-3-12(27)4-2-10)7-16(18(17)28)21(24,25)26/h1-4,7-9,19,29H,27-28H2. The second-order valence-electron chi connectivity index (χ2n) is 6.77. The summed E-state index contributed by atoms with van der Waals surface area (Å²) < 4.78 is 72.9. The number of aliphatic hydroxyl groups excluding tert-OH is 1. The van der Waals surface area contributed by atoms with Gasteiger partial charge in [-0.2, -0.15) is 22.0 Å². The summed E-state index contributed by atoms with van der Waals surface area (Å²) in [5.74, 6) is -4.01. The number of alkyl halides is 5. The van der Waals surface area contributed by atoms with E-state index in [2.05, 4.69) is 11.5 Å². The molecule has 2 aliphatic carbocycles. The average Bonchev–Trinajstić information content (AvgIpc) is 2.68. The number of rotatable bonds is 3. The molecule has 2 aliphatic rings. The van der Waals surface area contributed by atoms with Crippen LogP contribution < -0.4 is 16.2 Å². The van der Waals surface area contributed by atoms with Gasteiger partial charge >= 0.3 is 12.1 Å². The van der Waals surface area contributed by atoms with E-state index in [1.54, 1.807) is 0 Å². The monoisotopic (exact) mass is 420 g/mol. The van der Waals surface area contributed by atoms with Crippen molar-refractivity contribution < 1.29 is 31.8 Å². The van der Waals surface area contributed by atoms with Crippen molar-refractivity contribution >= 4 is 11.4 Å². The summed E-state index contributed by atoms with van der Waals surface area (Å²) in [4.78, 5) is 0. The van der Waals surface area contributed by atoms with E-state index in [1.165, 1.54) is 30.3 Å². The molecule has 4 rings (SSSR count). The lowest BCUT2D eigenvalue weighted by Crippen LogP contribution is -2.49. The molecule has 1 atom stereocenters. The highest BCUT2D eigenvalue weighted by Crippen LogP contribution is 2.48. The Morgan fingerprint density at radius 3 is 2.30 bits per heavy atom. The lowest BCUT2D eigenvalue weighted by molar-refractivity contribution is -0.136. The summed E-state index contributed by atoms with van der Waals surface area (Å²) >= 11 is 0. The molecular weight excluding hydrogens is 407 g/mol. The molecule has 154 valence electrons. The van der Waals surface area contributed by atoms with Gasteiger partial charge in [-0.05, 0) is 47.2 Å². The number of nitrogen functional groups attached to an aromatic ring is 2. The van der Waals surface area contributed by atoms with E-state index < -0.39 is 35.0 Å². The van der Waals surface area contributed by atoms with Crippen LogP contribution in [0, 0.1) is 0 Å². The second-order valence-corrected chi connectivity index (χ2v) is 6.77.